The van der Waals surface area contributed by atoms with Crippen molar-refractivity contribution in [1.82, 2.24) is 15.1 Å². The summed E-state index contributed by atoms with van der Waals surface area (Å²) < 4.78 is 5.44. The Morgan fingerprint density at radius 3 is 2.69 bits per heavy atom. The van der Waals surface area contributed by atoms with Gasteiger partial charge in [-0.15, -0.1) is 0 Å². The van der Waals surface area contributed by atoms with Crippen LogP contribution in [0.25, 0.3) is 0 Å². The number of carbonyl (C=O) groups is 1. The summed E-state index contributed by atoms with van der Waals surface area (Å²) >= 11 is 0. The SMILES string of the molecule is COc1ccccc1CN(C)CCCC(=O)N1CCNCCC1c1ccccc1. The number of amides is 1. The molecule has 1 aliphatic rings. The molecule has 1 unspecified atom stereocenters. The van der Waals surface area contributed by atoms with Gasteiger partial charge < -0.3 is 19.9 Å². The minimum Gasteiger partial charge on any atom is -0.496 e. The van der Waals surface area contributed by atoms with Crippen LogP contribution in [0, 0.1) is 0 Å². The van der Waals surface area contributed by atoms with Gasteiger partial charge in [-0.1, -0.05) is 48.5 Å². The van der Waals surface area contributed by atoms with E-state index in [0.717, 1.165) is 51.3 Å². The van der Waals surface area contributed by atoms with Gasteiger partial charge in [0.25, 0.3) is 0 Å². The molecule has 1 N–H and O–H groups in total. The van der Waals surface area contributed by atoms with Crippen LogP contribution in [0.3, 0.4) is 0 Å². The molecule has 3 rings (SSSR count). The van der Waals surface area contributed by atoms with E-state index in [1.165, 1.54) is 11.1 Å². The van der Waals surface area contributed by atoms with E-state index < -0.39 is 0 Å². The van der Waals surface area contributed by atoms with Crippen LogP contribution < -0.4 is 10.1 Å². The molecule has 29 heavy (non-hydrogen) atoms. The van der Waals surface area contributed by atoms with Crippen molar-refractivity contribution in [2.75, 3.05) is 40.3 Å². The molecule has 2 aromatic carbocycles. The number of ether oxygens (including phenoxy) is 1. The molecule has 1 aliphatic heterocycles. The van der Waals surface area contributed by atoms with Crippen molar-refractivity contribution in [3.8, 4) is 5.75 Å². The van der Waals surface area contributed by atoms with Crippen molar-refractivity contribution < 1.29 is 9.53 Å². The van der Waals surface area contributed by atoms with Crippen molar-refractivity contribution in [3.63, 3.8) is 0 Å². The largest absolute Gasteiger partial charge is 0.496 e. The van der Waals surface area contributed by atoms with E-state index in [-0.39, 0.29) is 11.9 Å². The van der Waals surface area contributed by atoms with Crippen LogP contribution in [0.2, 0.25) is 0 Å². The van der Waals surface area contributed by atoms with E-state index in [1.54, 1.807) is 7.11 Å². The Morgan fingerprint density at radius 1 is 1.14 bits per heavy atom. The lowest BCUT2D eigenvalue weighted by Crippen LogP contribution is -2.36. The number of benzene rings is 2. The third-order valence-corrected chi connectivity index (χ3v) is 5.57. The highest BCUT2D eigenvalue weighted by molar-refractivity contribution is 5.76. The van der Waals surface area contributed by atoms with Crippen molar-refractivity contribution in [2.45, 2.75) is 31.8 Å². The molecule has 0 bridgehead atoms. The predicted octanol–water partition coefficient (Wildman–Crippen LogP) is 3.47. The number of para-hydroxylation sites is 1. The quantitative estimate of drug-likeness (QED) is 0.743. The minimum absolute atomic E-state index is 0.171. The van der Waals surface area contributed by atoms with Crippen LogP contribution in [0.5, 0.6) is 5.75 Å². The number of methoxy groups -OCH3 is 1. The standard InChI is InChI=1S/C24H33N3O2/c1-26(19-21-11-6-7-12-23(21)29-2)17-8-13-24(28)27-18-16-25-15-14-22(27)20-9-4-3-5-10-20/h3-7,9-12,22,25H,8,13-19H2,1-2H3. The van der Waals surface area contributed by atoms with Gasteiger partial charge >= 0.3 is 0 Å². The van der Waals surface area contributed by atoms with Gasteiger partial charge in [-0.05, 0) is 44.6 Å². The zero-order valence-corrected chi connectivity index (χ0v) is 17.6. The second kappa shape index (κ2) is 11.0. The molecular formula is C24H33N3O2. The van der Waals surface area contributed by atoms with E-state index in [1.807, 2.05) is 24.3 Å². The van der Waals surface area contributed by atoms with E-state index >= 15 is 0 Å². The highest BCUT2D eigenvalue weighted by atomic mass is 16.5. The number of rotatable bonds is 8. The molecule has 1 fully saturated rings. The maximum Gasteiger partial charge on any atom is 0.223 e. The average Bonchev–Trinajstić information content (AvgIpc) is 3.01. The molecule has 0 spiro atoms. The Bertz CT molecular complexity index is 766. The van der Waals surface area contributed by atoms with E-state index in [4.69, 9.17) is 4.74 Å². The zero-order chi connectivity index (χ0) is 20.5. The van der Waals surface area contributed by atoms with Crippen molar-refractivity contribution in [2.24, 2.45) is 0 Å². The molecule has 0 aromatic heterocycles. The Balaban J connectivity index is 1.53. The molecule has 1 heterocycles. The van der Waals surface area contributed by atoms with Gasteiger partial charge in [0.05, 0.1) is 13.2 Å². The fraction of sp³-hybridized carbons (Fsp3) is 0.458. The molecule has 1 saturated heterocycles. The maximum atomic E-state index is 13.0. The number of nitrogens with zero attached hydrogens (tertiary/aromatic N) is 2. The smallest absolute Gasteiger partial charge is 0.223 e. The van der Waals surface area contributed by atoms with Gasteiger partial charge in [-0.3, -0.25) is 4.79 Å². The summed E-state index contributed by atoms with van der Waals surface area (Å²) in [6.07, 6.45) is 2.40. The van der Waals surface area contributed by atoms with Gasteiger partial charge in [0.15, 0.2) is 0 Å². The van der Waals surface area contributed by atoms with Crippen LogP contribution in [-0.4, -0.2) is 56.0 Å². The minimum atomic E-state index is 0.171. The summed E-state index contributed by atoms with van der Waals surface area (Å²) in [6, 6.07) is 18.7. The first kappa shape index (κ1) is 21.3. The first-order valence-corrected chi connectivity index (χ1v) is 10.5. The first-order valence-electron chi connectivity index (χ1n) is 10.5. The van der Waals surface area contributed by atoms with E-state index in [2.05, 4.69) is 52.5 Å². The van der Waals surface area contributed by atoms with Gasteiger partial charge in [0.2, 0.25) is 5.91 Å². The van der Waals surface area contributed by atoms with Gasteiger partial charge in [-0.2, -0.15) is 0 Å². The fourth-order valence-corrected chi connectivity index (χ4v) is 4.04. The normalized spacial score (nSPS) is 17.2. The molecule has 0 saturated carbocycles. The van der Waals surface area contributed by atoms with Gasteiger partial charge in [0, 0.05) is 31.6 Å². The highest BCUT2D eigenvalue weighted by Crippen LogP contribution is 2.26. The monoisotopic (exact) mass is 395 g/mol. The molecule has 5 nitrogen and oxygen atoms in total. The summed E-state index contributed by atoms with van der Waals surface area (Å²) in [6.45, 7) is 4.29. The summed E-state index contributed by atoms with van der Waals surface area (Å²) in [5, 5.41) is 3.43. The Kier molecular flexibility index (Phi) is 8.08. The maximum absolute atomic E-state index is 13.0. The number of hydrogen-bond acceptors (Lipinski definition) is 4. The lowest BCUT2D eigenvalue weighted by atomic mass is 10.0. The lowest BCUT2D eigenvalue weighted by molar-refractivity contribution is -0.133. The average molecular weight is 396 g/mol. The third kappa shape index (κ3) is 6.05. The van der Waals surface area contributed by atoms with Crippen LogP contribution >= 0.6 is 0 Å². The molecule has 5 heteroatoms. The Morgan fingerprint density at radius 2 is 1.90 bits per heavy atom. The van der Waals surface area contributed by atoms with Crippen LogP contribution in [0.1, 0.15) is 36.4 Å². The second-order valence-electron chi connectivity index (χ2n) is 7.71. The topological polar surface area (TPSA) is 44.8 Å². The van der Waals surface area contributed by atoms with Crippen LogP contribution in [0.4, 0.5) is 0 Å². The van der Waals surface area contributed by atoms with Gasteiger partial charge in [-0.25, -0.2) is 0 Å². The first-order chi connectivity index (χ1) is 14.2. The molecule has 2 aromatic rings. The lowest BCUT2D eigenvalue weighted by Gasteiger charge is -2.30. The summed E-state index contributed by atoms with van der Waals surface area (Å²) in [5.74, 6) is 1.17. The van der Waals surface area contributed by atoms with Crippen molar-refractivity contribution in [1.29, 1.82) is 0 Å². The summed E-state index contributed by atoms with van der Waals surface area (Å²) in [4.78, 5) is 17.4. The second-order valence-corrected chi connectivity index (χ2v) is 7.71. The van der Waals surface area contributed by atoms with E-state index in [0.29, 0.717) is 6.42 Å². The van der Waals surface area contributed by atoms with Crippen molar-refractivity contribution >= 4 is 5.91 Å². The molecule has 0 radical (unpaired) electrons. The van der Waals surface area contributed by atoms with Gasteiger partial charge in [0.1, 0.15) is 5.75 Å². The zero-order valence-electron chi connectivity index (χ0n) is 17.6. The summed E-state index contributed by atoms with van der Waals surface area (Å²) in [5.41, 5.74) is 2.41. The van der Waals surface area contributed by atoms with Crippen LogP contribution in [-0.2, 0) is 11.3 Å². The Hall–Kier alpha value is -2.37. The predicted molar refractivity (Wildman–Crippen MR) is 117 cm³/mol. The molecular weight excluding hydrogens is 362 g/mol. The number of carbonyl (C=O) groups excluding carboxylic acids is 1. The number of nitrogens with one attached hydrogen (secondary N) is 1. The highest BCUT2D eigenvalue weighted by Gasteiger charge is 2.26. The van der Waals surface area contributed by atoms with Crippen molar-refractivity contribution in [3.05, 3.63) is 65.7 Å². The third-order valence-electron chi connectivity index (χ3n) is 5.57. The van der Waals surface area contributed by atoms with E-state index in [9.17, 15) is 4.79 Å². The fourth-order valence-electron chi connectivity index (χ4n) is 4.04. The van der Waals surface area contributed by atoms with Crippen LogP contribution in [0.15, 0.2) is 54.6 Å². The number of hydrogen-bond donors (Lipinski definition) is 1. The molecule has 1 atom stereocenters. The molecule has 1 amide bonds. The Labute approximate surface area is 174 Å². The summed E-state index contributed by atoms with van der Waals surface area (Å²) in [7, 11) is 3.80. The molecule has 0 aliphatic carbocycles. The molecule has 156 valence electrons.